The van der Waals surface area contributed by atoms with Crippen LogP contribution in [0.3, 0.4) is 0 Å². The van der Waals surface area contributed by atoms with Crippen molar-refractivity contribution in [2.45, 2.75) is 6.54 Å². The van der Waals surface area contributed by atoms with Crippen molar-refractivity contribution in [3.8, 4) is 0 Å². The van der Waals surface area contributed by atoms with E-state index in [1.54, 1.807) is 5.48 Å². The zero-order valence-electron chi connectivity index (χ0n) is 6.83. The van der Waals surface area contributed by atoms with Gasteiger partial charge in [0.2, 0.25) is 5.82 Å². The molecular formula is C7H6F2N2O3. The van der Waals surface area contributed by atoms with Crippen LogP contribution < -0.4 is 5.48 Å². The summed E-state index contributed by atoms with van der Waals surface area (Å²) in [5, 5.41) is 18.4. The lowest BCUT2D eigenvalue weighted by molar-refractivity contribution is -0.387. The first-order chi connectivity index (χ1) is 6.56. The van der Waals surface area contributed by atoms with Gasteiger partial charge in [-0.2, -0.15) is 4.39 Å². The molecule has 0 unspecified atom stereocenters. The van der Waals surface area contributed by atoms with E-state index in [0.29, 0.717) is 12.1 Å². The molecule has 0 aromatic heterocycles. The third-order valence-corrected chi connectivity index (χ3v) is 1.58. The van der Waals surface area contributed by atoms with Gasteiger partial charge in [-0.1, -0.05) is 0 Å². The zero-order chi connectivity index (χ0) is 10.7. The van der Waals surface area contributed by atoms with Crippen LogP contribution in [0.25, 0.3) is 0 Å². The average molecular weight is 204 g/mol. The first-order valence-electron chi connectivity index (χ1n) is 3.55. The SMILES string of the molecule is O=[N+]([O-])c1cc(F)c(CNO)cc1F. The van der Waals surface area contributed by atoms with E-state index >= 15 is 0 Å². The summed E-state index contributed by atoms with van der Waals surface area (Å²) in [6, 6.07) is 1.14. The summed E-state index contributed by atoms with van der Waals surface area (Å²) >= 11 is 0. The molecule has 2 N–H and O–H groups in total. The summed E-state index contributed by atoms with van der Waals surface area (Å²) in [4.78, 5) is 9.16. The van der Waals surface area contributed by atoms with Crippen molar-refractivity contribution in [1.82, 2.24) is 5.48 Å². The number of nitrogens with zero attached hydrogens (tertiary/aromatic N) is 1. The molecule has 0 bridgehead atoms. The van der Waals surface area contributed by atoms with Gasteiger partial charge < -0.3 is 5.21 Å². The van der Waals surface area contributed by atoms with Crippen LogP contribution in [0.5, 0.6) is 0 Å². The maximum absolute atomic E-state index is 13.0. The molecular weight excluding hydrogens is 198 g/mol. The van der Waals surface area contributed by atoms with E-state index in [1.165, 1.54) is 0 Å². The van der Waals surface area contributed by atoms with Gasteiger partial charge in [0, 0.05) is 12.1 Å². The van der Waals surface area contributed by atoms with Gasteiger partial charge in [0.15, 0.2) is 0 Å². The Balaban J connectivity index is 3.17. The molecule has 0 aliphatic carbocycles. The van der Waals surface area contributed by atoms with Crippen LogP contribution in [-0.2, 0) is 6.54 Å². The van der Waals surface area contributed by atoms with Gasteiger partial charge in [-0.05, 0) is 6.07 Å². The van der Waals surface area contributed by atoms with Gasteiger partial charge in [0.25, 0.3) is 0 Å². The molecule has 1 aromatic rings. The predicted octanol–water partition coefficient (Wildman–Crippen LogP) is 1.35. The smallest absolute Gasteiger partial charge is 0.307 e. The molecule has 0 saturated heterocycles. The van der Waals surface area contributed by atoms with Crippen LogP contribution in [0.15, 0.2) is 12.1 Å². The molecule has 0 fully saturated rings. The van der Waals surface area contributed by atoms with E-state index in [0.717, 1.165) is 0 Å². The lowest BCUT2D eigenvalue weighted by Gasteiger charge is -2.01. The van der Waals surface area contributed by atoms with Gasteiger partial charge in [-0.15, -0.1) is 0 Å². The molecule has 0 spiro atoms. The van der Waals surface area contributed by atoms with Crippen LogP contribution in [-0.4, -0.2) is 10.1 Å². The standard InChI is InChI=1S/C7H6F2N2O3/c8-5-2-7(11(13)14)6(9)1-4(5)3-10-12/h1-2,10,12H,3H2. The number of nitrogens with one attached hydrogen (secondary N) is 1. The number of benzene rings is 1. The minimum Gasteiger partial charge on any atom is -0.316 e. The van der Waals surface area contributed by atoms with Crippen molar-refractivity contribution >= 4 is 5.69 Å². The molecule has 0 aliphatic heterocycles. The van der Waals surface area contributed by atoms with Gasteiger partial charge in [-0.25, -0.2) is 9.87 Å². The second-order valence-corrected chi connectivity index (χ2v) is 2.49. The Morgan fingerprint density at radius 1 is 1.43 bits per heavy atom. The molecule has 0 heterocycles. The topological polar surface area (TPSA) is 75.4 Å². The number of rotatable bonds is 3. The average Bonchev–Trinajstić information content (AvgIpc) is 2.10. The normalized spacial score (nSPS) is 10.2. The number of hydroxylamine groups is 1. The van der Waals surface area contributed by atoms with Crippen molar-refractivity contribution < 1.29 is 18.9 Å². The Morgan fingerprint density at radius 3 is 2.57 bits per heavy atom. The maximum atomic E-state index is 13.0. The minimum absolute atomic E-state index is 0.185. The summed E-state index contributed by atoms with van der Waals surface area (Å²) in [6.45, 7) is -0.319. The van der Waals surface area contributed by atoms with Crippen LogP contribution >= 0.6 is 0 Å². The highest BCUT2D eigenvalue weighted by molar-refractivity contribution is 5.36. The lowest BCUT2D eigenvalue weighted by atomic mass is 10.2. The molecule has 5 nitrogen and oxygen atoms in total. The maximum Gasteiger partial charge on any atom is 0.307 e. The molecule has 0 radical (unpaired) electrons. The zero-order valence-corrected chi connectivity index (χ0v) is 6.83. The molecule has 7 heteroatoms. The van der Waals surface area contributed by atoms with Crippen molar-refractivity contribution in [3.63, 3.8) is 0 Å². The third kappa shape index (κ3) is 2.01. The molecule has 1 rings (SSSR count). The number of halogens is 2. The van der Waals surface area contributed by atoms with Gasteiger partial charge >= 0.3 is 5.69 Å². The number of hydrogen-bond acceptors (Lipinski definition) is 4. The lowest BCUT2D eigenvalue weighted by Crippen LogP contribution is -2.09. The summed E-state index contributed by atoms with van der Waals surface area (Å²) < 4.78 is 25.8. The Morgan fingerprint density at radius 2 is 2.07 bits per heavy atom. The second-order valence-electron chi connectivity index (χ2n) is 2.49. The predicted molar refractivity (Wildman–Crippen MR) is 41.6 cm³/mol. The van der Waals surface area contributed by atoms with Gasteiger partial charge in [0.05, 0.1) is 11.0 Å². The van der Waals surface area contributed by atoms with E-state index in [-0.39, 0.29) is 12.1 Å². The third-order valence-electron chi connectivity index (χ3n) is 1.58. The largest absolute Gasteiger partial charge is 0.316 e. The fourth-order valence-electron chi connectivity index (χ4n) is 0.938. The highest BCUT2D eigenvalue weighted by Gasteiger charge is 2.17. The second kappa shape index (κ2) is 4.07. The summed E-state index contributed by atoms with van der Waals surface area (Å²) in [5.41, 5.74) is 0.513. The number of hydrogen-bond donors (Lipinski definition) is 2. The van der Waals surface area contributed by atoms with Crippen molar-refractivity contribution in [1.29, 1.82) is 0 Å². The summed E-state index contributed by atoms with van der Waals surface area (Å²) in [7, 11) is 0. The number of nitro groups is 1. The van der Waals surface area contributed by atoms with Crippen LogP contribution in [0.4, 0.5) is 14.5 Å². The molecule has 0 atom stereocenters. The quantitative estimate of drug-likeness (QED) is 0.575. The Kier molecular flexibility index (Phi) is 3.05. The molecule has 0 aliphatic rings. The summed E-state index contributed by atoms with van der Waals surface area (Å²) in [6.07, 6.45) is 0. The van der Waals surface area contributed by atoms with Crippen molar-refractivity contribution in [2.75, 3.05) is 0 Å². The Hall–Kier alpha value is -1.60. The van der Waals surface area contributed by atoms with E-state index in [4.69, 9.17) is 5.21 Å². The molecule has 14 heavy (non-hydrogen) atoms. The van der Waals surface area contributed by atoms with E-state index in [2.05, 4.69) is 0 Å². The fourth-order valence-corrected chi connectivity index (χ4v) is 0.938. The first kappa shape index (κ1) is 10.5. The number of nitro benzene ring substituents is 1. The minimum atomic E-state index is -1.14. The highest BCUT2D eigenvalue weighted by Crippen LogP contribution is 2.21. The van der Waals surface area contributed by atoms with Gasteiger partial charge in [-0.3, -0.25) is 10.1 Å². The van der Waals surface area contributed by atoms with E-state index in [1.807, 2.05) is 0 Å². The van der Waals surface area contributed by atoms with Crippen LogP contribution in [0.2, 0.25) is 0 Å². The summed E-state index contributed by atoms with van der Waals surface area (Å²) in [5.74, 6) is -2.08. The van der Waals surface area contributed by atoms with Crippen molar-refractivity contribution in [2.24, 2.45) is 0 Å². The molecule has 0 saturated carbocycles. The molecule has 76 valence electrons. The Bertz CT molecular complexity index is 370. The fraction of sp³-hybridized carbons (Fsp3) is 0.143. The van der Waals surface area contributed by atoms with Crippen LogP contribution in [0.1, 0.15) is 5.56 Å². The van der Waals surface area contributed by atoms with E-state index < -0.39 is 22.2 Å². The van der Waals surface area contributed by atoms with Gasteiger partial charge in [0.1, 0.15) is 5.82 Å². The van der Waals surface area contributed by atoms with Crippen molar-refractivity contribution in [3.05, 3.63) is 39.4 Å². The molecule has 0 amide bonds. The highest BCUT2D eigenvalue weighted by atomic mass is 19.1. The first-order valence-corrected chi connectivity index (χ1v) is 3.55. The Labute approximate surface area is 77.1 Å². The van der Waals surface area contributed by atoms with E-state index in [9.17, 15) is 18.9 Å². The monoisotopic (exact) mass is 204 g/mol. The molecule has 1 aromatic carbocycles. The van der Waals surface area contributed by atoms with Crippen LogP contribution in [0, 0.1) is 21.7 Å².